The highest BCUT2D eigenvalue weighted by atomic mass is 32.1. The molecule has 0 atom stereocenters. The first-order chi connectivity index (χ1) is 17.9. The lowest BCUT2D eigenvalue weighted by molar-refractivity contribution is -0.659. The molecule has 0 aliphatic carbocycles. The maximum absolute atomic E-state index is 2.47. The first-order valence-corrected chi connectivity index (χ1v) is 14.5. The van der Waals surface area contributed by atoms with Crippen LogP contribution in [-0.4, -0.2) is 0 Å². The molecule has 0 radical (unpaired) electrons. The van der Waals surface area contributed by atoms with Crippen molar-refractivity contribution in [1.29, 1.82) is 0 Å². The molecule has 0 unspecified atom stereocenters. The number of aryl methyl sites for hydroxylation is 2. The number of pyridine rings is 1. The molecule has 0 aliphatic rings. The van der Waals surface area contributed by atoms with Crippen molar-refractivity contribution in [2.45, 2.75) is 60.3 Å². The summed E-state index contributed by atoms with van der Waals surface area (Å²) in [7, 11) is 2.20. The van der Waals surface area contributed by atoms with E-state index < -0.39 is 0 Å². The number of nitrogens with zero attached hydrogens (tertiary/aromatic N) is 1. The lowest BCUT2D eigenvalue weighted by Crippen LogP contribution is -2.30. The summed E-state index contributed by atoms with van der Waals surface area (Å²) in [5, 5.41) is 8.14. The highest BCUT2D eigenvalue weighted by Crippen LogP contribution is 2.44. The fraction of sp³-hybridized carbons (Fsp3) is 0.306. The molecule has 0 amide bonds. The Balaban J connectivity index is 1.69. The molecule has 2 aromatic heterocycles. The van der Waals surface area contributed by atoms with Crippen LogP contribution in [0, 0.1) is 12.3 Å². The van der Waals surface area contributed by atoms with Gasteiger partial charge in [-0.05, 0) is 74.5 Å². The molecule has 0 fully saturated rings. The van der Waals surface area contributed by atoms with Gasteiger partial charge in [-0.15, -0.1) is 11.3 Å². The second-order valence-electron chi connectivity index (χ2n) is 13.2. The van der Waals surface area contributed by atoms with Gasteiger partial charge in [-0.1, -0.05) is 90.1 Å². The van der Waals surface area contributed by atoms with Crippen LogP contribution >= 0.6 is 11.3 Å². The van der Waals surface area contributed by atoms with Crippen molar-refractivity contribution in [2.24, 2.45) is 12.5 Å². The van der Waals surface area contributed by atoms with Gasteiger partial charge in [0.25, 0.3) is 0 Å². The average Bonchev–Trinajstić information content (AvgIpc) is 3.22. The highest BCUT2D eigenvalue weighted by molar-refractivity contribution is 7.27. The van der Waals surface area contributed by atoms with Crippen LogP contribution < -0.4 is 4.57 Å². The fourth-order valence-electron chi connectivity index (χ4n) is 6.12. The van der Waals surface area contributed by atoms with Gasteiger partial charge in [0.05, 0.1) is 5.56 Å². The standard InChI is InChI=1S/C36H38NS/c1-22-25-11-9-10-12-26(25)31(36(5,6)7)20-29(22)32-34-28(17-18-37(32)8)27-16-15-24-14-13-23(21-35(2,3)4)19-30(24)33(27)38-34/h9-20H,21H2,1-8H3/q+1. The van der Waals surface area contributed by atoms with E-state index in [4.69, 9.17) is 0 Å². The summed E-state index contributed by atoms with van der Waals surface area (Å²) in [6, 6.07) is 25.4. The Labute approximate surface area is 230 Å². The van der Waals surface area contributed by atoms with E-state index in [2.05, 4.69) is 133 Å². The second-order valence-corrected chi connectivity index (χ2v) is 14.3. The van der Waals surface area contributed by atoms with Crippen molar-refractivity contribution in [1.82, 2.24) is 0 Å². The molecule has 6 rings (SSSR count). The molecule has 0 aliphatic heterocycles. The van der Waals surface area contributed by atoms with Gasteiger partial charge in [-0.3, -0.25) is 0 Å². The first kappa shape index (κ1) is 25.1. The van der Waals surface area contributed by atoms with Crippen molar-refractivity contribution >= 4 is 53.1 Å². The van der Waals surface area contributed by atoms with Gasteiger partial charge in [0, 0.05) is 21.5 Å². The van der Waals surface area contributed by atoms with E-state index in [1.54, 1.807) is 0 Å². The molecule has 1 nitrogen and oxygen atoms in total. The molecule has 6 aromatic rings. The van der Waals surface area contributed by atoms with E-state index in [1.807, 2.05) is 11.3 Å². The Morgan fingerprint density at radius 3 is 2.11 bits per heavy atom. The zero-order valence-corrected chi connectivity index (χ0v) is 24.8. The Bertz CT molecular complexity index is 1870. The Morgan fingerprint density at radius 2 is 1.39 bits per heavy atom. The highest BCUT2D eigenvalue weighted by Gasteiger charge is 2.26. The average molecular weight is 517 g/mol. The van der Waals surface area contributed by atoms with Crippen molar-refractivity contribution in [3.8, 4) is 11.3 Å². The molecular formula is C36H38NS+. The molecule has 4 aromatic carbocycles. The van der Waals surface area contributed by atoms with E-state index in [0.29, 0.717) is 0 Å². The van der Waals surface area contributed by atoms with Crippen LogP contribution in [0.15, 0.2) is 72.9 Å². The van der Waals surface area contributed by atoms with E-state index in [1.165, 1.54) is 69.7 Å². The lowest BCUT2D eigenvalue weighted by Gasteiger charge is -2.24. The van der Waals surface area contributed by atoms with E-state index in [0.717, 1.165) is 6.42 Å². The van der Waals surface area contributed by atoms with E-state index >= 15 is 0 Å². The summed E-state index contributed by atoms with van der Waals surface area (Å²) < 4.78 is 5.10. The Morgan fingerprint density at radius 1 is 0.711 bits per heavy atom. The number of thiophene rings is 1. The second kappa shape index (κ2) is 8.64. The topological polar surface area (TPSA) is 3.88 Å². The van der Waals surface area contributed by atoms with Crippen molar-refractivity contribution in [3.05, 3.63) is 89.6 Å². The van der Waals surface area contributed by atoms with Crippen molar-refractivity contribution in [3.63, 3.8) is 0 Å². The third kappa shape index (κ3) is 4.10. The monoisotopic (exact) mass is 516 g/mol. The maximum Gasteiger partial charge on any atom is 0.230 e. The van der Waals surface area contributed by atoms with E-state index in [-0.39, 0.29) is 10.8 Å². The number of benzene rings is 4. The summed E-state index contributed by atoms with van der Waals surface area (Å²) in [4.78, 5) is 0. The van der Waals surface area contributed by atoms with E-state index in [9.17, 15) is 0 Å². The summed E-state index contributed by atoms with van der Waals surface area (Å²) in [5.74, 6) is 0. The summed E-state index contributed by atoms with van der Waals surface area (Å²) >= 11 is 1.96. The minimum atomic E-state index is 0.0499. The van der Waals surface area contributed by atoms with Gasteiger partial charge in [-0.25, -0.2) is 0 Å². The van der Waals surface area contributed by atoms with Gasteiger partial charge >= 0.3 is 0 Å². The molecule has 0 N–H and O–H groups in total. The maximum atomic E-state index is 2.47. The zero-order chi connectivity index (χ0) is 27.0. The summed E-state index contributed by atoms with van der Waals surface area (Å²) in [6.07, 6.45) is 3.33. The molecule has 0 saturated heterocycles. The molecule has 38 heavy (non-hydrogen) atoms. The van der Waals surface area contributed by atoms with Gasteiger partial charge < -0.3 is 0 Å². The molecule has 0 spiro atoms. The number of fused-ring (bicyclic) bond motifs is 6. The third-order valence-electron chi connectivity index (χ3n) is 7.92. The quantitative estimate of drug-likeness (QED) is 0.202. The van der Waals surface area contributed by atoms with Crippen LogP contribution in [0.3, 0.4) is 0 Å². The van der Waals surface area contributed by atoms with Crippen LogP contribution in [-0.2, 0) is 18.9 Å². The predicted octanol–water partition coefficient (Wildman–Crippen LogP) is 10.0. The van der Waals surface area contributed by atoms with Crippen molar-refractivity contribution in [2.75, 3.05) is 0 Å². The largest absolute Gasteiger partial charge is 0.230 e. The Hall–Kier alpha value is -3.23. The lowest BCUT2D eigenvalue weighted by atomic mass is 9.80. The summed E-state index contributed by atoms with van der Waals surface area (Å²) in [5.41, 5.74) is 7.15. The fourth-order valence-corrected chi connectivity index (χ4v) is 7.54. The molecule has 2 heteroatoms. The normalized spacial score (nSPS) is 12.8. The first-order valence-electron chi connectivity index (χ1n) is 13.7. The number of hydrogen-bond donors (Lipinski definition) is 0. The molecule has 0 bridgehead atoms. The zero-order valence-electron chi connectivity index (χ0n) is 24.0. The van der Waals surface area contributed by atoms with Crippen molar-refractivity contribution < 1.29 is 4.57 Å². The Kier molecular flexibility index (Phi) is 5.70. The summed E-state index contributed by atoms with van der Waals surface area (Å²) in [6.45, 7) is 16.2. The smallest absolute Gasteiger partial charge is 0.200 e. The predicted molar refractivity (Wildman–Crippen MR) is 168 cm³/mol. The van der Waals surface area contributed by atoms with Crippen LogP contribution in [0.2, 0.25) is 0 Å². The third-order valence-corrected chi connectivity index (χ3v) is 9.18. The van der Waals surface area contributed by atoms with Crippen LogP contribution in [0.4, 0.5) is 0 Å². The minimum Gasteiger partial charge on any atom is -0.200 e. The van der Waals surface area contributed by atoms with Gasteiger partial charge in [0.15, 0.2) is 6.20 Å². The van der Waals surface area contributed by atoms with Gasteiger partial charge in [0.2, 0.25) is 5.69 Å². The molecule has 0 saturated carbocycles. The van der Waals surface area contributed by atoms with Gasteiger partial charge in [-0.2, -0.15) is 4.57 Å². The SMILES string of the molecule is Cc1c(-c2c3sc4c5cc(CC(C)(C)C)ccc5ccc4c3cc[n+]2C)cc(C(C)(C)C)c2ccccc12. The molecular weight excluding hydrogens is 478 g/mol. The number of hydrogen-bond acceptors (Lipinski definition) is 1. The molecule has 192 valence electrons. The molecule has 2 heterocycles. The minimum absolute atomic E-state index is 0.0499. The van der Waals surface area contributed by atoms with Crippen LogP contribution in [0.1, 0.15) is 58.2 Å². The van der Waals surface area contributed by atoms with Crippen LogP contribution in [0.5, 0.6) is 0 Å². The van der Waals surface area contributed by atoms with Gasteiger partial charge in [0.1, 0.15) is 11.7 Å². The number of rotatable bonds is 2. The number of aromatic nitrogens is 1. The van der Waals surface area contributed by atoms with Crippen LogP contribution in [0.25, 0.3) is 53.0 Å².